The molecule has 9 heavy (non-hydrogen) atoms. The fourth-order valence-electron chi connectivity index (χ4n) is 1.55. The van der Waals surface area contributed by atoms with Gasteiger partial charge in [-0.1, -0.05) is 0 Å². The second-order valence-electron chi connectivity index (χ2n) is 2.73. The van der Waals surface area contributed by atoms with Gasteiger partial charge in [-0.2, -0.15) is 0 Å². The maximum atomic E-state index is 10.9. The molecule has 2 heterocycles. The van der Waals surface area contributed by atoms with Crippen LogP contribution in [0.4, 0.5) is 4.79 Å². The van der Waals surface area contributed by atoms with E-state index in [1.54, 1.807) is 0 Å². The maximum absolute atomic E-state index is 10.9. The zero-order valence-electron chi connectivity index (χ0n) is 5.26. The fourth-order valence-corrected chi connectivity index (χ4v) is 1.55. The Balaban J connectivity index is 2.15. The number of fused-ring (bicyclic) bond motifs is 2. The van der Waals surface area contributed by atoms with Crippen LogP contribution in [0.1, 0.15) is 12.8 Å². The lowest BCUT2D eigenvalue weighted by molar-refractivity contribution is 0.215. The number of hydrogen-bond donors (Lipinski definition) is 1. The van der Waals surface area contributed by atoms with E-state index in [1.807, 2.05) is 4.90 Å². The van der Waals surface area contributed by atoms with Crippen molar-refractivity contribution in [2.24, 2.45) is 0 Å². The average molecular weight is 126 g/mol. The second kappa shape index (κ2) is 1.62. The van der Waals surface area contributed by atoms with E-state index in [4.69, 9.17) is 0 Å². The molecule has 2 bridgehead atoms. The minimum Gasteiger partial charge on any atom is -0.333 e. The van der Waals surface area contributed by atoms with E-state index in [2.05, 4.69) is 5.32 Å². The van der Waals surface area contributed by atoms with Gasteiger partial charge < -0.3 is 10.2 Å². The van der Waals surface area contributed by atoms with Crippen molar-refractivity contribution >= 4 is 6.03 Å². The van der Waals surface area contributed by atoms with Crippen molar-refractivity contribution in [3.05, 3.63) is 0 Å². The molecule has 1 atom stereocenters. The average Bonchev–Trinajstić information content (AvgIpc) is 2.09. The van der Waals surface area contributed by atoms with Crippen molar-refractivity contribution in [2.75, 3.05) is 13.1 Å². The summed E-state index contributed by atoms with van der Waals surface area (Å²) in [4.78, 5) is 12.8. The van der Waals surface area contributed by atoms with Gasteiger partial charge in [-0.25, -0.2) is 4.79 Å². The number of carbonyl (C=O) groups is 1. The first kappa shape index (κ1) is 5.09. The highest BCUT2D eigenvalue weighted by molar-refractivity contribution is 5.77. The number of nitrogens with one attached hydrogen (secondary N) is 1. The van der Waals surface area contributed by atoms with Crippen molar-refractivity contribution in [2.45, 2.75) is 18.9 Å². The summed E-state index contributed by atoms with van der Waals surface area (Å²) in [7, 11) is 0. The first-order valence-corrected chi connectivity index (χ1v) is 3.42. The third kappa shape index (κ3) is 0.677. The van der Waals surface area contributed by atoms with E-state index in [-0.39, 0.29) is 6.03 Å². The molecule has 2 rings (SSSR count). The van der Waals surface area contributed by atoms with Crippen molar-refractivity contribution in [1.82, 2.24) is 10.2 Å². The third-order valence-electron chi connectivity index (χ3n) is 2.04. The third-order valence-corrected chi connectivity index (χ3v) is 2.04. The van der Waals surface area contributed by atoms with Crippen molar-refractivity contribution in [1.29, 1.82) is 0 Å². The Hall–Kier alpha value is -0.730. The first-order valence-electron chi connectivity index (χ1n) is 3.42. The number of amides is 2. The molecule has 2 saturated heterocycles. The monoisotopic (exact) mass is 126 g/mol. The highest BCUT2D eigenvalue weighted by Crippen LogP contribution is 2.15. The summed E-state index contributed by atoms with van der Waals surface area (Å²) in [5.74, 6) is 0. The van der Waals surface area contributed by atoms with Gasteiger partial charge in [-0.3, -0.25) is 0 Å². The van der Waals surface area contributed by atoms with Crippen LogP contribution in [0.15, 0.2) is 0 Å². The molecule has 1 N–H and O–H groups in total. The van der Waals surface area contributed by atoms with Gasteiger partial charge >= 0.3 is 6.03 Å². The van der Waals surface area contributed by atoms with E-state index in [0.29, 0.717) is 6.04 Å². The molecule has 2 amide bonds. The Labute approximate surface area is 54.0 Å². The summed E-state index contributed by atoms with van der Waals surface area (Å²) in [5, 5.41) is 2.90. The first-order chi connectivity index (χ1) is 4.36. The SMILES string of the molecule is O=C1NC2CCCN1C2. The van der Waals surface area contributed by atoms with Gasteiger partial charge in [0.15, 0.2) is 0 Å². The predicted molar refractivity (Wildman–Crippen MR) is 33.1 cm³/mol. The van der Waals surface area contributed by atoms with Crippen molar-refractivity contribution in [3.8, 4) is 0 Å². The number of rotatable bonds is 0. The predicted octanol–water partition coefficient (Wildman–Crippen LogP) is 0.174. The molecule has 0 aromatic heterocycles. The Morgan fingerprint density at radius 2 is 2.56 bits per heavy atom. The Morgan fingerprint density at radius 3 is 3.22 bits per heavy atom. The molecular formula is C6H10N2O. The zero-order valence-corrected chi connectivity index (χ0v) is 5.26. The number of piperidine rings is 1. The van der Waals surface area contributed by atoms with Crippen LogP contribution in [0.25, 0.3) is 0 Å². The van der Waals surface area contributed by atoms with E-state index in [0.717, 1.165) is 13.1 Å². The lowest BCUT2D eigenvalue weighted by Gasteiger charge is -2.18. The molecule has 2 aliphatic rings. The lowest BCUT2D eigenvalue weighted by Crippen LogP contribution is -2.30. The molecule has 0 radical (unpaired) electrons. The normalized spacial score (nSPS) is 32.7. The summed E-state index contributed by atoms with van der Waals surface area (Å²) in [5.41, 5.74) is 0. The smallest absolute Gasteiger partial charge is 0.317 e. The molecule has 0 aliphatic carbocycles. The molecular weight excluding hydrogens is 116 g/mol. The molecule has 3 nitrogen and oxygen atoms in total. The van der Waals surface area contributed by atoms with Crippen LogP contribution >= 0.6 is 0 Å². The zero-order chi connectivity index (χ0) is 6.27. The van der Waals surface area contributed by atoms with Crippen LogP contribution in [0.2, 0.25) is 0 Å². The molecule has 0 saturated carbocycles. The highest BCUT2D eigenvalue weighted by atomic mass is 16.2. The summed E-state index contributed by atoms with van der Waals surface area (Å²) < 4.78 is 0. The molecule has 0 aromatic carbocycles. The molecule has 2 fully saturated rings. The van der Waals surface area contributed by atoms with Gasteiger partial charge in [0.2, 0.25) is 0 Å². The standard InChI is InChI=1S/C6H10N2O/c9-6-7-5-2-1-3-8(6)4-5/h5H,1-4H2,(H,7,9). The second-order valence-corrected chi connectivity index (χ2v) is 2.73. The molecule has 50 valence electrons. The van der Waals surface area contributed by atoms with Gasteiger partial charge in [-0.05, 0) is 12.8 Å². The largest absolute Gasteiger partial charge is 0.333 e. The minimum atomic E-state index is 0.137. The van der Waals surface area contributed by atoms with E-state index < -0.39 is 0 Å². The fraction of sp³-hybridized carbons (Fsp3) is 0.833. The van der Waals surface area contributed by atoms with Crippen LogP contribution in [0, 0.1) is 0 Å². The molecule has 1 unspecified atom stereocenters. The number of urea groups is 1. The van der Waals surface area contributed by atoms with Gasteiger partial charge in [0.1, 0.15) is 0 Å². The Bertz CT molecular complexity index is 146. The van der Waals surface area contributed by atoms with Crippen LogP contribution in [0.3, 0.4) is 0 Å². The number of carbonyl (C=O) groups excluding carboxylic acids is 1. The quantitative estimate of drug-likeness (QED) is 0.493. The van der Waals surface area contributed by atoms with Gasteiger partial charge in [-0.15, -0.1) is 0 Å². The molecule has 0 spiro atoms. The van der Waals surface area contributed by atoms with Gasteiger partial charge in [0.05, 0.1) is 0 Å². The van der Waals surface area contributed by atoms with Crippen LogP contribution in [-0.4, -0.2) is 30.1 Å². The van der Waals surface area contributed by atoms with Crippen LogP contribution < -0.4 is 5.32 Å². The Kier molecular flexibility index (Phi) is 0.917. The molecule has 0 aromatic rings. The minimum absolute atomic E-state index is 0.137. The topological polar surface area (TPSA) is 32.3 Å². The van der Waals surface area contributed by atoms with E-state index in [9.17, 15) is 4.79 Å². The summed E-state index contributed by atoms with van der Waals surface area (Å²) in [6.07, 6.45) is 2.34. The van der Waals surface area contributed by atoms with Crippen LogP contribution in [-0.2, 0) is 0 Å². The van der Waals surface area contributed by atoms with Crippen molar-refractivity contribution in [3.63, 3.8) is 0 Å². The van der Waals surface area contributed by atoms with Gasteiger partial charge in [0.25, 0.3) is 0 Å². The molecule has 3 heteroatoms. The van der Waals surface area contributed by atoms with E-state index in [1.165, 1.54) is 12.8 Å². The van der Waals surface area contributed by atoms with E-state index >= 15 is 0 Å². The van der Waals surface area contributed by atoms with Crippen molar-refractivity contribution < 1.29 is 4.79 Å². The summed E-state index contributed by atoms with van der Waals surface area (Å²) >= 11 is 0. The maximum Gasteiger partial charge on any atom is 0.317 e. The highest BCUT2D eigenvalue weighted by Gasteiger charge is 2.31. The Morgan fingerprint density at radius 1 is 1.67 bits per heavy atom. The molecule has 2 aliphatic heterocycles. The summed E-state index contributed by atoms with van der Waals surface area (Å²) in [6.45, 7) is 1.90. The number of hydrogen-bond acceptors (Lipinski definition) is 1. The summed E-state index contributed by atoms with van der Waals surface area (Å²) in [6, 6.07) is 0.601. The van der Waals surface area contributed by atoms with Gasteiger partial charge in [0, 0.05) is 19.1 Å². The number of nitrogens with zero attached hydrogens (tertiary/aromatic N) is 1. The lowest BCUT2D eigenvalue weighted by atomic mass is 10.1. The van der Waals surface area contributed by atoms with Crippen LogP contribution in [0.5, 0.6) is 0 Å².